The number of halogens is 2. The summed E-state index contributed by atoms with van der Waals surface area (Å²) in [7, 11) is 3.11. The van der Waals surface area contributed by atoms with Crippen molar-refractivity contribution in [2.45, 2.75) is 13.5 Å². The van der Waals surface area contributed by atoms with E-state index in [0.29, 0.717) is 17.3 Å². The Bertz CT molecular complexity index is 686. The Hall–Kier alpha value is -2.64. The van der Waals surface area contributed by atoms with Gasteiger partial charge in [0.1, 0.15) is 11.4 Å². The molecule has 0 bridgehead atoms. The van der Waals surface area contributed by atoms with Crippen LogP contribution in [0, 0.1) is 6.92 Å². The van der Waals surface area contributed by atoms with Gasteiger partial charge in [-0.1, -0.05) is 12.1 Å². The molecule has 0 unspecified atom stereocenters. The predicted molar refractivity (Wildman–Crippen MR) is 75.5 cm³/mol. The van der Waals surface area contributed by atoms with Crippen molar-refractivity contribution < 1.29 is 23.0 Å². The number of benzene rings is 1. The molecule has 2 aromatic rings. The molecule has 0 spiro atoms. The van der Waals surface area contributed by atoms with Crippen LogP contribution in [-0.4, -0.2) is 29.4 Å². The van der Waals surface area contributed by atoms with Gasteiger partial charge in [0.2, 0.25) is 5.88 Å². The fraction of sp³-hybridized carbons (Fsp3) is 0.286. The summed E-state index contributed by atoms with van der Waals surface area (Å²) in [5.41, 5.74) is 0.912. The molecule has 1 aromatic carbocycles. The van der Waals surface area contributed by atoms with Gasteiger partial charge in [-0.2, -0.15) is 13.9 Å². The lowest BCUT2D eigenvalue weighted by Gasteiger charge is -2.11. The van der Waals surface area contributed by atoms with Crippen molar-refractivity contribution in [3.05, 3.63) is 35.5 Å². The van der Waals surface area contributed by atoms with Crippen molar-refractivity contribution in [3.8, 4) is 11.6 Å². The molecule has 0 radical (unpaired) electrons. The van der Waals surface area contributed by atoms with Crippen LogP contribution in [0.5, 0.6) is 11.6 Å². The molecule has 2 rings (SSSR count). The van der Waals surface area contributed by atoms with E-state index in [9.17, 15) is 13.6 Å². The predicted octanol–water partition coefficient (Wildman–Crippen LogP) is 2.59. The molecular formula is C14H15F2N3O3. The van der Waals surface area contributed by atoms with Gasteiger partial charge in [0.25, 0.3) is 5.91 Å². The normalized spacial score (nSPS) is 10.6. The molecule has 1 aromatic heterocycles. The van der Waals surface area contributed by atoms with Gasteiger partial charge < -0.3 is 14.8 Å². The largest absolute Gasteiger partial charge is 0.480 e. The van der Waals surface area contributed by atoms with E-state index in [4.69, 9.17) is 4.74 Å². The number of hydrogen-bond acceptors (Lipinski definition) is 4. The van der Waals surface area contributed by atoms with Gasteiger partial charge >= 0.3 is 6.61 Å². The van der Waals surface area contributed by atoms with Crippen molar-refractivity contribution in [1.29, 1.82) is 0 Å². The van der Waals surface area contributed by atoms with Crippen molar-refractivity contribution in [2.75, 3.05) is 12.4 Å². The Labute approximate surface area is 125 Å². The second-order valence-corrected chi connectivity index (χ2v) is 4.42. The van der Waals surface area contributed by atoms with Gasteiger partial charge in [0, 0.05) is 7.05 Å². The molecule has 1 amide bonds. The first-order valence-electron chi connectivity index (χ1n) is 6.36. The van der Waals surface area contributed by atoms with Crippen LogP contribution in [0.1, 0.15) is 16.1 Å². The summed E-state index contributed by atoms with van der Waals surface area (Å²) in [4.78, 5) is 12.3. The topological polar surface area (TPSA) is 65.4 Å². The van der Waals surface area contributed by atoms with Gasteiger partial charge in [-0.25, -0.2) is 4.68 Å². The number of aromatic nitrogens is 2. The van der Waals surface area contributed by atoms with Gasteiger partial charge in [0.15, 0.2) is 0 Å². The lowest BCUT2D eigenvalue weighted by atomic mass is 10.2. The van der Waals surface area contributed by atoms with Gasteiger partial charge in [-0.15, -0.1) is 0 Å². The highest BCUT2D eigenvalue weighted by molar-refractivity contribution is 6.07. The van der Waals surface area contributed by atoms with Crippen LogP contribution >= 0.6 is 0 Å². The third-order valence-corrected chi connectivity index (χ3v) is 2.95. The van der Waals surface area contributed by atoms with E-state index < -0.39 is 12.5 Å². The molecule has 0 aliphatic carbocycles. The maximum atomic E-state index is 12.4. The quantitative estimate of drug-likeness (QED) is 0.922. The third kappa shape index (κ3) is 3.16. The van der Waals surface area contributed by atoms with E-state index in [1.807, 2.05) is 0 Å². The van der Waals surface area contributed by atoms with Crippen LogP contribution < -0.4 is 14.8 Å². The zero-order valence-corrected chi connectivity index (χ0v) is 12.3. The zero-order chi connectivity index (χ0) is 16.3. The van der Waals surface area contributed by atoms with E-state index in [2.05, 4.69) is 15.2 Å². The van der Waals surface area contributed by atoms with Crippen molar-refractivity contribution >= 4 is 11.6 Å². The second-order valence-electron chi connectivity index (χ2n) is 4.42. The zero-order valence-electron chi connectivity index (χ0n) is 12.3. The average molecular weight is 311 g/mol. The van der Waals surface area contributed by atoms with Crippen LogP contribution in [0.4, 0.5) is 14.5 Å². The highest BCUT2D eigenvalue weighted by Gasteiger charge is 2.20. The van der Waals surface area contributed by atoms with Crippen molar-refractivity contribution in [3.63, 3.8) is 0 Å². The van der Waals surface area contributed by atoms with Crippen LogP contribution in [0.15, 0.2) is 24.3 Å². The molecule has 1 N–H and O–H groups in total. The Morgan fingerprint density at radius 3 is 2.68 bits per heavy atom. The molecule has 0 fully saturated rings. The molecule has 0 saturated heterocycles. The summed E-state index contributed by atoms with van der Waals surface area (Å²) in [6.07, 6.45) is 0. The Kier molecular flexibility index (Phi) is 4.59. The maximum Gasteiger partial charge on any atom is 0.387 e. The standard InChI is InChI=1S/C14H15F2N3O3/c1-8-11(13(21-3)19(2)18-8)17-12(20)9-6-4-5-7-10(9)22-14(15)16/h4-7,14H,1-3H3,(H,17,20). The summed E-state index contributed by atoms with van der Waals surface area (Å²) >= 11 is 0. The Morgan fingerprint density at radius 1 is 1.36 bits per heavy atom. The SMILES string of the molecule is COc1c(NC(=O)c2ccccc2OC(F)F)c(C)nn1C. The summed E-state index contributed by atoms with van der Waals surface area (Å²) in [6, 6.07) is 5.75. The molecular weight excluding hydrogens is 296 g/mol. The summed E-state index contributed by atoms with van der Waals surface area (Å²) in [6.45, 7) is -1.32. The molecule has 118 valence electrons. The highest BCUT2D eigenvalue weighted by atomic mass is 19.3. The number of carbonyl (C=O) groups excluding carboxylic acids is 1. The fourth-order valence-electron chi connectivity index (χ4n) is 2.05. The van der Waals surface area contributed by atoms with Gasteiger partial charge in [-0.3, -0.25) is 4.79 Å². The first-order chi connectivity index (χ1) is 10.4. The first kappa shape index (κ1) is 15.7. The average Bonchev–Trinajstić information content (AvgIpc) is 2.72. The number of nitrogens with one attached hydrogen (secondary N) is 1. The summed E-state index contributed by atoms with van der Waals surface area (Å²) in [5, 5.41) is 6.73. The van der Waals surface area contributed by atoms with E-state index in [1.54, 1.807) is 20.0 Å². The molecule has 0 aliphatic rings. The van der Waals surface area contributed by atoms with Gasteiger partial charge in [-0.05, 0) is 19.1 Å². The lowest BCUT2D eigenvalue weighted by Crippen LogP contribution is -2.15. The monoisotopic (exact) mass is 311 g/mol. The minimum atomic E-state index is -3.01. The lowest BCUT2D eigenvalue weighted by molar-refractivity contribution is -0.0501. The van der Waals surface area contributed by atoms with Gasteiger partial charge in [0.05, 0.1) is 18.4 Å². The number of rotatable bonds is 5. The van der Waals surface area contributed by atoms with E-state index >= 15 is 0 Å². The first-order valence-corrected chi connectivity index (χ1v) is 6.36. The van der Waals surface area contributed by atoms with Crippen LogP contribution in [0.3, 0.4) is 0 Å². The van der Waals surface area contributed by atoms with Crippen LogP contribution in [-0.2, 0) is 7.05 Å². The number of methoxy groups -OCH3 is 1. The number of hydrogen-bond donors (Lipinski definition) is 1. The van der Waals surface area contributed by atoms with E-state index in [0.717, 1.165) is 0 Å². The molecule has 0 saturated carbocycles. The maximum absolute atomic E-state index is 12.4. The molecule has 8 heteroatoms. The molecule has 0 atom stereocenters. The van der Waals surface area contributed by atoms with E-state index in [-0.39, 0.29) is 11.3 Å². The number of anilines is 1. The fourth-order valence-corrected chi connectivity index (χ4v) is 2.05. The molecule has 22 heavy (non-hydrogen) atoms. The smallest absolute Gasteiger partial charge is 0.387 e. The van der Waals surface area contributed by atoms with Crippen LogP contribution in [0.25, 0.3) is 0 Å². The number of ether oxygens (including phenoxy) is 2. The number of carbonyl (C=O) groups is 1. The number of para-hydroxylation sites is 1. The summed E-state index contributed by atoms with van der Waals surface area (Å²) < 4.78 is 35.8. The number of alkyl halides is 2. The Balaban J connectivity index is 2.31. The summed E-state index contributed by atoms with van der Waals surface area (Å²) in [5.74, 6) is -0.431. The second kappa shape index (κ2) is 6.42. The minimum Gasteiger partial charge on any atom is -0.480 e. The van der Waals surface area contributed by atoms with Crippen LogP contribution in [0.2, 0.25) is 0 Å². The third-order valence-electron chi connectivity index (χ3n) is 2.95. The van der Waals surface area contributed by atoms with E-state index in [1.165, 1.54) is 30.0 Å². The number of amides is 1. The van der Waals surface area contributed by atoms with Crippen molar-refractivity contribution in [2.24, 2.45) is 7.05 Å². The number of aryl methyl sites for hydroxylation is 2. The Morgan fingerprint density at radius 2 is 2.05 bits per heavy atom. The number of nitrogens with zero attached hydrogens (tertiary/aromatic N) is 2. The van der Waals surface area contributed by atoms with Crippen molar-refractivity contribution in [1.82, 2.24) is 9.78 Å². The molecule has 6 nitrogen and oxygen atoms in total. The molecule has 1 heterocycles. The minimum absolute atomic E-state index is 0.00638. The highest BCUT2D eigenvalue weighted by Crippen LogP contribution is 2.29. The molecule has 0 aliphatic heterocycles.